The molecular weight excluding hydrogens is 311 g/mol. The third-order valence-corrected chi connectivity index (χ3v) is 3.24. The van der Waals surface area contributed by atoms with Gasteiger partial charge in [-0.05, 0) is 58.7 Å². The largest absolute Gasteiger partial charge is 0.397 e. The smallest absolute Gasteiger partial charge is 0.255 e. The van der Waals surface area contributed by atoms with Crippen LogP contribution in [-0.2, 0) is 0 Å². The molecule has 0 spiro atoms. The summed E-state index contributed by atoms with van der Waals surface area (Å²) in [6.45, 7) is 1.92. The zero-order chi connectivity index (χ0) is 14.0. The Labute approximate surface area is 118 Å². The highest BCUT2D eigenvalue weighted by molar-refractivity contribution is 9.10. The van der Waals surface area contributed by atoms with E-state index in [4.69, 9.17) is 5.73 Å². The Hall–Kier alpha value is -1.88. The number of halogens is 2. The summed E-state index contributed by atoms with van der Waals surface area (Å²) in [6, 6.07) is 9.44. The molecule has 0 radical (unpaired) electrons. The van der Waals surface area contributed by atoms with E-state index in [9.17, 15) is 9.18 Å². The highest BCUT2D eigenvalue weighted by Crippen LogP contribution is 2.22. The van der Waals surface area contributed by atoms with Gasteiger partial charge in [-0.1, -0.05) is 6.07 Å². The summed E-state index contributed by atoms with van der Waals surface area (Å²) in [5.41, 5.74) is 8.22. The van der Waals surface area contributed by atoms with Gasteiger partial charge in [0.2, 0.25) is 0 Å². The van der Waals surface area contributed by atoms with Crippen LogP contribution in [0, 0.1) is 12.7 Å². The molecule has 0 saturated carbocycles. The van der Waals surface area contributed by atoms with E-state index in [1.54, 1.807) is 12.1 Å². The molecule has 98 valence electrons. The van der Waals surface area contributed by atoms with Crippen LogP contribution in [0.25, 0.3) is 0 Å². The SMILES string of the molecule is Cc1ccc(NC(=O)c2ccc(F)c(Br)c2)c(N)c1. The van der Waals surface area contributed by atoms with Crippen LogP contribution in [0.3, 0.4) is 0 Å². The first-order chi connectivity index (χ1) is 8.97. The fourth-order valence-electron chi connectivity index (χ4n) is 1.63. The fraction of sp³-hybridized carbons (Fsp3) is 0.0714. The maximum atomic E-state index is 13.1. The number of hydrogen-bond acceptors (Lipinski definition) is 2. The lowest BCUT2D eigenvalue weighted by Crippen LogP contribution is -2.13. The van der Waals surface area contributed by atoms with Crippen LogP contribution in [0.2, 0.25) is 0 Å². The molecule has 0 bridgehead atoms. The quantitative estimate of drug-likeness (QED) is 0.828. The van der Waals surface area contributed by atoms with Gasteiger partial charge in [-0.3, -0.25) is 4.79 Å². The highest BCUT2D eigenvalue weighted by Gasteiger charge is 2.10. The van der Waals surface area contributed by atoms with E-state index >= 15 is 0 Å². The summed E-state index contributed by atoms with van der Waals surface area (Å²) < 4.78 is 13.3. The van der Waals surface area contributed by atoms with Crippen molar-refractivity contribution < 1.29 is 9.18 Å². The number of carbonyl (C=O) groups is 1. The van der Waals surface area contributed by atoms with Gasteiger partial charge in [-0.25, -0.2) is 4.39 Å². The van der Waals surface area contributed by atoms with Gasteiger partial charge in [0.15, 0.2) is 0 Å². The predicted molar refractivity (Wildman–Crippen MR) is 77.6 cm³/mol. The molecule has 3 N–H and O–H groups in total. The van der Waals surface area contributed by atoms with Gasteiger partial charge >= 0.3 is 0 Å². The Morgan fingerprint density at radius 1 is 1.26 bits per heavy atom. The van der Waals surface area contributed by atoms with Gasteiger partial charge in [0.1, 0.15) is 5.82 Å². The average molecular weight is 323 g/mol. The molecule has 0 fully saturated rings. The normalized spacial score (nSPS) is 10.3. The lowest BCUT2D eigenvalue weighted by molar-refractivity contribution is 0.102. The second kappa shape index (κ2) is 5.40. The monoisotopic (exact) mass is 322 g/mol. The standard InChI is InChI=1S/C14H12BrFN2O/c1-8-2-5-13(12(17)6-8)18-14(19)9-3-4-11(16)10(15)7-9/h2-7H,17H2,1H3,(H,18,19). The summed E-state index contributed by atoms with van der Waals surface area (Å²) in [5.74, 6) is -0.748. The maximum absolute atomic E-state index is 13.1. The Balaban J connectivity index is 2.23. The van der Waals surface area contributed by atoms with Crippen LogP contribution in [0.15, 0.2) is 40.9 Å². The van der Waals surface area contributed by atoms with E-state index in [0.717, 1.165) is 5.56 Å². The predicted octanol–water partition coefficient (Wildman–Crippen LogP) is 3.73. The molecule has 0 aliphatic rings. The van der Waals surface area contributed by atoms with Crippen molar-refractivity contribution in [3.05, 3.63) is 57.8 Å². The van der Waals surface area contributed by atoms with Crippen molar-refractivity contribution in [2.75, 3.05) is 11.1 Å². The minimum absolute atomic E-state index is 0.247. The first-order valence-corrected chi connectivity index (χ1v) is 6.39. The highest BCUT2D eigenvalue weighted by atomic mass is 79.9. The first kappa shape index (κ1) is 13.5. The van der Waals surface area contributed by atoms with Crippen molar-refractivity contribution in [3.63, 3.8) is 0 Å². The van der Waals surface area contributed by atoms with E-state index in [2.05, 4.69) is 21.2 Å². The molecule has 2 aromatic rings. The third kappa shape index (κ3) is 3.12. The Kier molecular flexibility index (Phi) is 3.85. The minimum Gasteiger partial charge on any atom is -0.397 e. The van der Waals surface area contributed by atoms with E-state index in [-0.39, 0.29) is 10.4 Å². The van der Waals surface area contributed by atoms with E-state index in [1.165, 1.54) is 18.2 Å². The third-order valence-electron chi connectivity index (χ3n) is 2.64. The molecule has 0 heterocycles. The first-order valence-electron chi connectivity index (χ1n) is 5.60. The number of hydrogen-bond donors (Lipinski definition) is 2. The molecule has 5 heteroatoms. The topological polar surface area (TPSA) is 55.1 Å². The summed E-state index contributed by atoms with van der Waals surface area (Å²) >= 11 is 3.04. The molecule has 0 aliphatic heterocycles. The van der Waals surface area contributed by atoms with Crippen LogP contribution in [-0.4, -0.2) is 5.91 Å². The van der Waals surface area contributed by atoms with Gasteiger partial charge in [0.25, 0.3) is 5.91 Å². The molecule has 0 aliphatic carbocycles. The molecule has 0 saturated heterocycles. The van der Waals surface area contributed by atoms with Crippen molar-refractivity contribution in [3.8, 4) is 0 Å². The van der Waals surface area contributed by atoms with Crippen molar-refractivity contribution in [1.29, 1.82) is 0 Å². The molecular formula is C14H12BrFN2O. The molecule has 0 aromatic heterocycles. The number of anilines is 2. The maximum Gasteiger partial charge on any atom is 0.255 e. The molecule has 2 aromatic carbocycles. The van der Waals surface area contributed by atoms with Gasteiger partial charge in [-0.15, -0.1) is 0 Å². The van der Waals surface area contributed by atoms with Gasteiger partial charge in [0, 0.05) is 5.56 Å². The number of nitrogens with two attached hydrogens (primary N) is 1. The number of rotatable bonds is 2. The second-order valence-electron chi connectivity index (χ2n) is 4.17. The molecule has 0 atom stereocenters. The Morgan fingerprint density at radius 3 is 2.63 bits per heavy atom. The second-order valence-corrected chi connectivity index (χ2v) is 5.03. The van der Waals surface area contributed by atoms with Gasteiger partial charge in [-0.2, -0.15) is 0 Å². The van der Waals surface area contributed by atoms with Crippen LogP contribution >= 0.6 is 15.9 Å². The molecule has 19 heavy (non-hydrogen) atoms. The van der Waals surface area contributed by atoms with Crippen molar-refractivity contribution in [1.82, 2.24) is 0 Å². The summed E-state index contributed by atoms with van der Waals surface area (Å²) in [5, 5.41) is 2.69. The number of nitrogens with one attached hydrogen (secondary N) is 1. The molecule has 3 nitrogen and oxygen atoms in total. The van der Waals surface area contributed by atoms with Crippen LogP contribution in [0.4, 0.5) is 15.8 Å². The Bertz CT molecular complexity index is 643. The zero-order valence-corrected chi connectivity index (χ0v) is 11.8. The lowest BCUT2D eigenvalue weighted by Gasteiger charge is -2.09. The van der Waals surface area contributed by atoms with Gasteiger partial charge in [0.05, 0.1) is 15.8 Å². The van der Waals surface area contributed by atoms with Crippen LogP contribution in [0.5, 0.6) is 0 Å². The number of carbonyl (C=O) groups excluding carboxylic acids is 1. The summed E-state index contributed by atoms with van der Waals surface area (Å²) in [6.07, 6.45) is 0. The zero-order valence-electron chi connectivity index (χ0n) is 10.2. The number of nitrogen functional groups attached to an aromatic ring is 1. The van der Waals surface area contributed by atoms with Crippen LogP contribution < -0.4 is 11.1 Å². The van der Waals surface area contributed by atoms with Crippen molar-refractivity contribution in [2.24, 2.45) is 0 Å². The fourth-order valence-corrected chi connectivity index (χ4v) is 2.01. The van der Waals surface area contributed by atoms with E-state index in [1.807, 2.05) is 13.0 Å². The van der Waals surface area contributed by atoms with Crippen molar-refractivity contribution in [2.45, 2.75) is 6.92 Å². The van der Waals surface area contributed by atoms with E-state index in [0.29, 0.717) is 16.9 Å². The van der Waals surface area contributed by atoms with Gasteiger partial charge < -0.3 is 11.1 Å². The minimum atomic E-state index is -0.411. The average Bonchev–Trinajstić information content (AvgIpc) is 2.36. The van der Waals surface area contributed by atoms with Crippen molar-refractivity contribution >= 4 is 33.2 Å². The Morgan fingerprint density at radius 2 is 2.00 bits per heavy atom. The summed E-state index contributed by atoms with van der Waals surface area (Å²) in [7, 11) is 0. The molecule has 1 amide bonds. The van der Waals surface area contributed by atoms with Crippen LogP contribution in [0.1, 0.15) is 15.9 Å². The number of benzene rings is 2. The van der Waals surface area contributed by atoms with E-state index < -0.39 is 5.82 Å². The molecule has 0 unspecified atom stereocenters. The number of aryl methyl sites for hydroxylation is 1. The molecule has 2 rings (SSSR count). The summed E-state index contributed by atoms with van der Waals surface area (Å²) in [4.78, 5) is 12.0. The lowest BCUT2D eigenvalue weighted by atomic mass is 10.1. The number of amides is 1.